The summed E-state index contributed by atoms with van der Waals surface area (Å²) in [7, 11) is 0. The van der Waals surface area contributed by atoms with Gasteiger partial charge < -0.3 is 0 Å². The summed E-state index contributed by atoms with van der Waals surface area (Å²) in [6, 6.07) is 25.2. The summed E-state index contributed by atoms with van der Waals surface area (Å²) in [6.07, 6.45) is 2.27. The minimum Gasteiger partial charge on any atom is -0.0619 e. The molecule has 0 amide bonds. The van der Waals surface area contributed by atoms with Crippen LogP contribution in [0.2, 0.25) is 0 Å². The van der Waals surface area contributed by atoms with E-state index in [0.29, 0.717) is 5.92 Å². The Morgan fingerprint density at radius 3 is 1.92 bits per heavy atom. The third-order valence-corrected chi connectivity index (χ3v) is 6.06. The van der Waals surface area contributed by atoms with E-state index in [1.165, 1.54) is 33.4 Å². The fourth-order valence-electron chi connectivity index (χ4n) is 4.85. The first kappa shape index (κ1) is 14.0. The Morgan fingerprint density at radius 1 is 0.708 bits per heavy atom. The van der Waals surface area contributed by atoms with Crippen molar-refractivity contribution in [3.05, 3.63) is 94.5 Å². The Morgan fingerprint density at radius 2 is 1.29 bits per heavy atom. The summed E-state index contributed by atoms with van der Waals surface area (Å²) < 4.78 is 0. The molecule has 1 spiro atoms. The summed E-state index contributed by atoms with van der Waals surface area (Å²) in [5, 5.41) is 0. The van der Waals surface area contributed by atoms with Crippen LogP contribution in [0.1, 0.15) is 47.6 Å². The van der Waals surface area contributed by atoms with Gasteiger partial charge in [-0.15, -0.1) is 0 Å². The summed E-state index contributed by atoms with van der Waals surface area (Å²) in [5.74, 6) is 0.593. The normalized spacial score (nSPS) is 16.3. The van der Waals surface area contributed by atoms with Crippen molar-refractivity contribution in [2.75, 3.05) is 0 Å². The molecule has 3 aromatic rings. The van der Waals surface area contributed by atoms with Crippen LogP contribution in [0, 0.1) is 0 Å². The minimum absolute atomic E-state index is 0.144. The monoisotopic (exact) mass is 310 g/mol. The molecule has 0 fully saturated rings. The van der Waals surface area contributed by atoms with E-state index in [1.54, 1.807) is 5.56 Å². The summed E-state index contributed by atoms with van der Waals surface area (Å²) in [4.78, 5) is 0. The standard InChI is InChI=1S/C24H22/c1-16(2)17-11-12-18-14-24(15-19(18)13-17)22-9-5-3-7-20(22)21-8-4-6-10-23(21)24/h3-13,16H,14-15H2,1-2H3. The number of rotatable bonds is 1. The van der Waals surface area contributed by atoms with Crippen molar-refractivity contribution < 1.29 is 0 Å². The molecule has 0 unspecified atom stereocenters. The average Bonchev–Trinajstić information content (AvgIpc) is 3.12. The van der Waals surface area contributed by atoms with Crippen molar-refractivity contribution in [1.29, 1.82) is 0 Å². The Kier molecular flexibility index (Phi) is 2.83. The van der Waals surface area contributed by atoms with E-state index in [-0.39, 0.29) is 5.41 Å². The van der Waals surface area contributed by atoms with Gasteiger partial charge in [0.1, 0.15) is 0 Å². The second-order valence-corrected chi connectivity index (χ2v) is 7.71. The largest absolute Gasteiger partial charge is 0.0619 e. The SMILES string of the molecule is CC(C)c1ccc2c(c1)CC1(C2)c2ccccc2-c2ccccc21. The van der Waals surface area contributed by atoms with Crippen molar-refractivity contribution in [2.45, 2.75) is 38.0 Å². The van der Waals surface area contributed by atoms with Crippen LogP contribution >= 0.6 is 0 Å². The van der Waals surface area contributed by atoms with Gasteiger partial charge >= 0.3 is 0 Å². The molecule has 2 aliphatic rings. The zero-order valence-electron chi connectivity index (χ0n) is 14.3. The molecule has 2 aliphatic carbocycles. The van der Waals surface area contributed by atoms with Gasteiger partial charge in [0.25, 0.3) is 0 Å². The van der Waals surface area contributed by atoms with Crippen LogP contribution in [0.5, 0.6) is 0 Å². The van der Waals surface area contributed by atoms with Crippen LogP contribution in [-0.4, -0.2) is 0 Å². The molecular formula is C24H22. The first-order valence-electron chi connectivity index (χ1n) is 9.00. The number of hydrogen-bond acceptors (Lipinski definition) is 0. The lowest BCUT2D eigenvalue weighted by Gasteiger charge is -2.26. The smallest absolute Gasteiger partial charge is 0.0295 e. The van der Waals surface area contributed by atoms with Gasteiger partial charge in [0, 0.05) is 5.41 Å². The van der Waals surface area contributed by atoms with Crippen molar-refractivity contribution >= 4 is 0 Å². The molecule has 0 aromatic heterocycles. The predicted octanol–water partition coefficient (Wildman–Crippen LogP) is 5.88. The average molecular weight is 310 g/mol. The predicted molar refractivity (Wildman–Crippen MR) is 101 cm³/mol. The quantitative estimate of drug-likeness (QED) is 0.527. The van der Waals surface area contributed by atoms with Gasteiger partial charge in [-0.1, -0.05) is 80.6 Å². The number of hydrogen-bond donors (Lipinski definition) is 0. The highest BCUT2D eigenvalue weighted by atomic mass is 14.5. The molecule has 0 N–H and O–H groups in total. The molecule has 3 aromatic carbocycles. The third kappa shape index (κ3) is 1.74. The molecule has 0 heterocycles. The summed E-state index contributed by atoms with van der Waals surface area (Å²) >= 11 is 0. The minimum atomic E-state index is 0.144. The van der Waals surface area contributed by atoms with E-state index in [9.17, 15) is 0 Å². The number of fused-ring (bicyclic) bond motifs is 6. The lowest BCUT2D eigenvalue weighted by molar-refractivity contribution is 0.563. The molecule has 0 aliphatic heterocycles. The molecular weight excluding hydrogens is 288 g/mol. The highest BCUT2D eigenvalue weighted by molar-refractivity contribution is 5.82. The van der Waals surface area contributed by atoms with E-state index in [2.05, 4.69) is 80.6 Å². The summed E-state index contributed by atoms with van der Waals surface area (Å²) in [6.45, 7) is 4.57. The van der Waals surface area contributed by atoms with Crippen LogP contribution in [0.4, 0.5) is 0 Å². The highest BCUT2D eigenvalue weighted by Crippen LogP contribution is 2.55. The topological polar surface area (TPSA) is 0 Å². The molecule has 5 rings (SSSR count). The van der Waals surface area contributed by atoms with Gasteiger partial charge in [-0.3, -0.25) is 0 Å². The van der Waals surface area contributed by atoms with Crippen molar-refractivity contribution in [1.82, 2.24) is 0 Å². The van der Waals surface area contributed by atoms with Gasteiger partial charge in [-0.05, 0) is 57.7 Å². The van der Waals surface area contributed by atoms with E-state index >= 15 is 0 Å². The van der Waals surface area contributed by atoms with Gasteiger partial charge in [0.05, 0.1) is 0 Å². The Bertz CT molecular complexity index is 900. The molecule has 0 bridgehead atoms. The van der Waals surface area contributed by atoms with E-state index < -0.39 is 0 Å². The van der Waals surface area contributed by atoms with Crippen LogP contribution in [0.3, 0.4) is 0 Å². The maximum absolute atomic E-state index is 2.46. The van der Waals surface area contributed by atoms with Crippen molar-refractivity contribution in [3.63, 3.8) is 0 Å². The molecule has 0 saturated carbocycles. The molecule has 0 atom stereocenters. The van der Waals surface area contributed by atoms with Crippen LogP contribution < -0.4 is 0 Å². The van der Waals surface area contributed by atoms with Crippen LogP contribution in [0.15, 0.2) is 66.7 Å². The molecule has 0 heteroatoms. The van der Waals surface area contributed by atoms with Crippen LogP contribution in [0.25, 0.3) is 11.1 Å². The van der Waals surface area contributed by atoms with E-state index in [4.69, 9.17) is 0 Å². The lowest BCUT2D eigenvalue weighted by Crippen LogP contribution is -2.25. The van der Waals surface area contributed by atoms with Crippen molar-refractivity contribution in [3.8, 4) is 11.1 Å². The molecule has 0 nitrogen and oxygen atoms in total. The Labute approximate surface area is 144 Å². The first-order chi connectivity index (χ1) is 11.7. The maximum atomic E-state index is 2.46. The molecule has 0 saturated heterocycles. The third-order valence-electron chi connectivity index (χ3n) is 6.06. The maximum Gasteiger partial charge on any atom is 0.0295 e. The van der Waals surface area contributed by atoms with Crippen molar-refractivity contribution in [2.24, 2.45) is 0 Å². The van der Waals surface area contributed by atoms with E-state index in [0.717, 1.165) is 12.8 Å². The first-order valence-corrected chi connectivity index (χ1v) is 9.00. The zero-order valence-corrected chi connectivity index (χ0v) is 14.3. The Balaban J connectivity index is 1.72. The van der Waals surface area contributed by atoms with Gasteiger partial charge in [-0.2, -0.15) is 0 Å². The fraction of sp³-hybridized carbons (Fsp3) is 0.250. The fourth-order valence-corrected chi connectivity index (χ4v) is 4.85. The van der Waals surface area contributed by atoms with E-state index in [1.807, 2.05) is 0 Å². The van der Waals surface area contributed by atoms with Crippen LogP contribution in [-0.2, 0) is 18.3 Å². The number of benzene rings is 3. The Hall–Kier alpha value is -2.34. The van der Waals surface area contributed by atoms with Gasteiger partial charge in [0.2, 0.25) is 0 Å². The second-order valence-electron chi connectivity index (χ2n) is 7.71. The molecule has 0 radical (unpaired) electrons. The summed E-state index contributed by atoms with van der Waals surface area (Å²) in [5.41, 5.74) is 10.6. The van der Waals surface area contributed by atoms with Gasteiger partial charge in [0.15, 0.2) is 0 Å². The lowest BCUT2D eigenvalue weighted by atomic mass is 9.76. The second kappa shape index (κ2) is 4.83. The molecule has 24 heavy (non-hydrogen) atoms. The molecule has 118 valence electrons. The highest BCUT2D eigenvalue weighted by Gasteiger charge is 2.46. The van der Waals surface area contributed by atoms with Gasteiger partial charge in [-0.25, -0.2) is 0 Å². The zero-order chi connectivity index (χ0) is 16.3.